The monoisotopic (exact) mass is 234 g/mol. The topological polar surface area (TPSA) is 27.8 Å². The summed E-state index contributed by atoms with van der Waals surface area (Å²) in [7, 11) is 0. The summed E-state index contributed by atoms with van der Waals surface area (Å²) in [5.41, 5.74) is 4.05. The number of halogens is 1. The summed E-state index contributed by atoms with van der Waals surface area (Å²) in [5.74, 6) is 0. The molecule has 0 unspecified atom stereocenters. The first-order valence-corrected chi connectivity index (χ1v) is 5.41. The van der Waals surface area contributed by atoms with Gasteiger partial charge >= 0.3 is 0 Å². The first kappa shape index (κ1) is 11.2. The predicted octanol–water partition coefficient (Wildman–Crippen LogP) is 2.97. The maximum absolute atomic E-state index is 3.33. The summed E-state index contributed by atoms with van der Waals surface area (Å²) in [6.45, 7) is 2.09. The van der Waals surface area contributed by atoms with Crippen molar-refractivity contribution in [1.82, 2.24) is 10.3 Å². The number of aromatic nitrogens is 1. The second kappa shape index (κ2) is 4.73. The maximum atomic E-state index is 3.33. The second-order valence-electron chi connectivity index (χ2n) is 3.96. The highest BCUT2D eigenvalue weighted by Gasteiger charge is 2.06. The van der Waals surface area contributed by atoms with Gasteiger partial charge in [-0.3, -0.25) is 0 Å². The molecule has 0 saturated heterocycles. The summed E-state index contributed by atoms with van der Waals surface area (Å²) >= 11 is 0. The van der Waals surface area contributed by atoms with Gasteiger partial charge in [-0.15, -0.1) is 12.4 Å². The second-order valence-corrected chi connectivity index (χ2v) is 3.96. The van der Waals surface area contributed by atoms with Crippen molar-refractivity contribution in [2.75, 3.05) is 13.1 Å². The van der Waals surface area contributed by atoms with Crippen LogP contribution in [0, 0.1) is 0 Å². The van der Waals surface area contributed by atoms with Crippen LogP contribution >= 0.6 is 12.4 Å². The molecule has 0 aliphatic carbocycles. The molecule has 16 heavy (non-hydrogen) atoms. The molecule has 0 amide bonds. The molecule has 1 aliphatic heterocycles. The fourth-order valence-corrected chi connectivity index (χ4v) is 2.13. The van der Waals surface area contributed by atoms with Crippen molar-refractivity contribution in [3.05, 3.63) is 42.1 Å². The molecule has 0 spiro atoms. The molecule has 0 atom stereocenters. The third-order valence-electron chi connectivity index (χ3n) is 2.99. The highest BCUT2D eigenvalue weighted by atomic mass is 35.5. The first-order valence-electron chi connectivity index (χ1n) is 5.41. The zero-order valence-electron chi connectivity index (χ0n) is 8.99. The van der Waals surface area contributed by atoms with Crippen LogP contribution in [0.3, 0.4) is 0 Å². The van der Waals surface area contributed by atoms with Crippen molar-refractivity contribution in [1.29, 1.82) is 0 Å². The molecule has 2 N–H and O–H groups in total. The lowest BCUT2D eigenvalue weighted by Gasteiger charge is -2.14. The van der Waals surface area contributed by atoms with Gasteiger partial charge in [-0.05, 0) is 41.6 Å². The predicted molar refractivity (Wildman–Crippen MR) is 71.0 cm³/mol. The molecule has 2 nitrogen and oxygen atoms in total. The van der Waals surface area contributed by atoms with Crippen LogP contribution in [-0.4, -0.2) is 18.1 Å². The summed E-state index contributed by atoms with van der Waals surface area (Å²) in [5, 5.41) is 4.62. The number of H-pyrrole nitrogens is 1. The van der Waals surface area contributed by atoms with Crippen LogP contribution in [0.4, 0.5) is 0 Å². The van der Waals surface area contributed by atoms with Gasteiger partial charge < -0.3 is 10.3 Å². The smallest absolute Gasteiger partial charge is 0.0460 e. The number of rotatable bonds is 1. The SMILES string of the molecule is C1=C(c2ccc3cc[nH]c3c2)CCNC1.Cl. The normalized spacial score (nSPS) is 15.6. The van der Waals surface area contributed by atoms with E-state index in [1.807, 2.05) is 6.20 Å². The maximum Gasteiger partial charge on any atom is 0.0460 e. The Morgan fingerprint density at radius 1 is 1.12 bits per heavy atom. The minimum atomic E-state index is 0. The van der Waals surface area contributed by atoms with E-state index in [9.17, 15) is 0 Å². The molecule has 2 heterocycles. The Balaban J connectivity index is 0.000000963. The minimum absolute atomic E-state index is 0. The third kappa shape index (κ3) is 1.99. The Labute approximate surface area is 101 Å². The van der Waals surface area contributed by atoms with Crippen LogP contribution in [0.15, 0.2) is 36.5 Å². The Morgan fingerprint density at radius 3 is 2.88 bits per heavy atom. The number of hydrogen-bond donors (Lipinski definition) is 2. The van der Waals surface area contributed by atoms with Crippen LogP contribution in [0.2, 0.25) is 0 Å². The van der Waals surface area contributed by atoms with E-state index in [2.05, 4.69) is 40.6 Å². The van der Waals surface area contributed by atoms with Crippen LogP contribution in [0.25, 0.3) is 16.5 Å². The number of benzene rings is 1. The molecule has 1 aromatic carbocycles. The standard InChI is InChI=1S/C13H14N2.ClH/c1-2-12(10-3-6-14-7-4-10)9-13-11(1)5-8-15-13;/h1-3,5,8-9,14-15H,4,6-7H2;1H. The lowest BCUT2D eigenvalue weighted by molar-refractivity contribution is 0.738. The zero-order chi connectivity index (χ0) is 10.1. The van der Waals surface area contributed by atoms with E-state index in [4.69, 9.17) is 0 Å². The fourth-order valence-electron chi connectivity index (χ4n) is 2.13. The van der Waals surface area contributed by atoms with Gasteiger partial charge in [0.1, 0.15) is 0 Å². The van der Waals surface area contributed by atoms with E-state index in [0.29, 0.717) is 0 Å². The molecule has 0 saturated carbocycles. The first-order chi connectivity index (χ1) is 7.43. The molecular formula is C13H15ClN2. The molecule has 0 radical (unpaired) electrons. The quantitative estimate of drug-likeness (QED) is 0.780. The van der Waals surface area contributed by atoms with E-state index in [1.165, 1.54) is 22.0 Å². The van der Waals surface area contributed by atoms with Gasteiger partial charge in [-0.25, -0.2) is 0 Å². The number of hydrogen-bond acceptors (Lipinski definition) is 1. The van der Waals surface area contributed by atoms with Gasteiger partial charge in [0, 0.05) is 18.3 Å². The molecule has 1 aliphatic rings. The molecule has 3 heteroatoms. The molecule has 84 valence electrons. The van der Waals surface area contributed by atoms with E-state index < -0.39 is 0 Å². The molecule has 2 aromatic rings. The Bertz CT molecular complexity index is 513. The molecule has 1 aromatic heterocycles. The number of fused-ring (bicyclic) bond motifs is 1. The third-order valence-corrected chi connectivity index (χ3v) is 2.99. The van der Waals surface area contributed by atoms with Crippen molar-refractivity contribution in [2.45, 2.75) is 6.42 Å². The van der Waals surface area contributed by atoms with Gasteiger partial charge in [0.05, 0.1) is 0 Å². The lowest BCUT2D eigenvalue weighted by Crippen LogP contribution is -2.19. The average molecular weight is 235 g/mol. The summed E-state index contributed by atoms with van der Waals surface area (Å²) in [6.07, 6.45) is 5.41. The van der Waals surface area contributed by atoms with Crippen molar-refractivity contribution in [2.24, 2.45) is 0 Å². The largest absolute Gasteiger partial charge is 0.361 e. The zero-order valence-corrected chi connectivity index (χ0v) is 9.81. The summed E-state index contributed by atoms with van der Waals surface area (Å²) < 4.78 is 0. The van der Waals surface area contributed by atoms with Crippen LogP contribution in [0.5, 0.6) is 0 Å². The molecule has 0 fully saturated rings. The van der Waals surface area contributed by atoms with E-state index >= 15 is 0 Å². The van der Waals surface area contributed by atoms with Crippen molar-refractivity contribution >= 4 is 28.9 Å². The Hall–Kier alpha value is -1.25. The fraction of sp³-hybridized carbons (Fsp3) is 0.231. The van der Waals surface area contributed by atoms with Gasteiger partial charge in [0.15, 0.2) is 0 Å². The highest BCUT2D eigenvalue weighted by molar-refractivity contribution is 5.85. The van der Waals surface area contributed by atoms with Crippen molar-refractivity contribution in [3.8, 4) is 0 Å². The lowest BCUT2D eigenvalue weighted by atomic mass is 9.99. The van der Waals surface area contributed by atoms with E-state index in [1.54, 1.807) is 0 Å². The van der Waals surface area contributed by atoms with Gasteiger partial charge in [-0.1, -0.05) is 18.2 Å². The van der Waals surface area contributed by atoms with Crippen LogP contribution < -0.4 is 5.32 Å². The van der Waals surface area contributed by atoms with Gasteiger partial charge in [-0.2, -0.15) is 0 Å². The Morgan fingerprint density at radius 2 is 2.06 bits per heavy atom. The average Bonchev–Trinajstić information content (AvgIpc) is 2.77. The molecule has 0 bridgehead atoms. The van der Waals surface area contributed by atoms with Gasteiger partial charge in [0.25, 0.3) is 0 Å². The molecule has 3 rings (SSSR count). The minimum Gasteiger partial charge on any atom is -0.361 e. The van der Waals surface area contributed by atoms with E-state index in [-0.39, 0.29) is 12.4 Å². The molecular weight excluding hydrogens is 220 g/mol. The van der Waals surface area contributed by atoms with Crippen molar-refractivity contribution < 1.29 is 0 Å². The van der Waals surface area contributed by atoms with Crippen LogP contribution in [-0.2, 0) is 0 Å². The summed E-state index contributed by atoms with van der Waals surface area (Å²) in [4.78, 5) is 3.26. The van der Waals surface area contributed by atoms with E-state index in [0.717, 1.165) is 19.5 Å². The Kier molecular flexibility index (Phi) is 3.32. The van der Waals surface area contributed by atoms with Crippen molar-refractivity contribution in [3.63, 3.8) is 0 Å². The highest BCUT2D eigenvalue weighted by Crippen LogP contribution is 2.23. The summed E-state index contributed by atoms with van der Waals surface area (Å²) in [6, 6.07) is 8.75. The van der Waals surface area contributed by atoms with Gasteiger partial charge in [0.2, 0.25) is 0 Å². The number of aromatic amines is 1. The number of nitrogens with one attached hydrogen (secondary N) is 2. The van der Waals surface area contributed by atoms with Crippen LogP contribution in [0.1, 0.15) is 12.0 Å².